The van der Waals surface area contributed by atoms with Crippen LogP contribution < -0.4 is 0 Å². The third-order valence-corrected chi connectivity index (χ3v) is 2.77. The average Bonchev–Trinajstić information content (AvgIpc) is 2.33. The zero-order valence-electron chi connectivity index (χ0n) is 10.0. The number of carbonyl (C=O) groups is 1. The fourth-order valence-corrected chi connectivity index (χ4v) is 1.69. The minimum absolute atomic E-state index is 0.141. The van der Waals surface area contributed by atoms with E-state index in [2.05, 4.69) is 4.74 Å². The molecule has 0 saturated carbocycles. The van der Waals surface area contributed by atoms with Gasteiger partial charge in [-0.15, -0.1) is 0 Å². The molecule has 1 aromatic carbocycles. The van der Waals surface area contributed by atoms with Crippen LogP contribution in [0.3, 0.4) is 0 Å². The smallest absolute Gasteiger partial charge is 0.416 e. The van der Waals surface area contributed by atoms with Crippen molar-refractivity contribution in [1.82, 2.24) is 0 Å². The van der Waals surface area contributed by atoms with Gasteiger partial charge in [-0.1, -0.05) is 19.1 Å². The van der Waals surface area contributed by atoms with Crippen LogP contribution in [0.4, 0.5) is 13.2 Å². The zero-order valence-corrected chi connectivity index (χ0v) is 10.0. The molecule has 0 aliphatic carbocycles. The third-order valence-electron chi connectivity index (χ3n) is 2.77. The van der Waals surface area contributed by atoms with Gasteiger partial charge in [0.1, 0.15) is 0 Å². The van der Waals surface area contributed by atoms with E-state index in [1.807, 2.05) is 6.92 Å². The van der Waals surface area contributed by atoms with E-state index in [1.165, 1.54) is 12.1 Å². The first-order valence-corrected chi connectivity index (χ1v) is 5.67. The Morgan fingerprint density at radius 2 is 1.89 bits per heavy atom. The molecule has 0 N–H and O–H groups in total. The fraction of sp³-hybridized carbons (Fsp3) is 0.462. The molecule has 0 spiro atoms. The van der Waals surface area contributed by atoms with Gasteiger partial charge < -0.3 is 4.74 Å². The summed E-state index contributed by atoms with van der Waals surface area (Å²) in [6.45, 7) is 2.67. The van der Waals surface area contributed by atoms with E-state index in [9.17, 15) is 18.0 Å². The summed E-state index contributed by atoms with van der Waals surface area (Å²) in [5, 5.41) is 0. The molecule has 2 nitrogen and oxygen atoms in total. The number of ether oxygens (including phenoxy) is 1. The number of rotatable bonds is 6. The van der Waals surface area contributed by atoms with E-state index in [0.717, 1.165) is 24.1 Å². The van der Waals surface area contributed by atoms with Gasteiger partial charge in [-0.25, -0.2) is 0 Å². The van der Waals surface area contributed by atoms with E-state index >= 15 is 0 Å². The van der Waals surface area contributed by atoms with Crippen LogP contribution >= 0.6 is 0 Å². The number of benzene rings is 1. The molecule has 1 atom stereocenters. The predicted molar refractivity (Wildman–Crippen MR) is 61.1 cm³/mol. The highest BCUT2D eigenvalue weighted by molar-refractivity contribution is 5.36. The number of hydrogen-bond donors (Lipinski definition) is 0. The Morgan fingerprint density at radius 1 is 1.28 bits per heavy atom. The summed E-state index contributed by atoms with van der Waals surface area (Å²) in [6.07, 6.45) is -2.83. The van der Waals surface area contributed by atoms with Gasteiger partial charge in [0.25, 0.3) is 6.47 Å². The second-order valence-electron chi connectivity index (χ2n) is 4.13. The maximum absolute atomic E-state index is 12.4. The van der Waals surface area contributed by atoms with Crippen LogP contribution in [-0.4, -0.2) is 13.1 Å². The van der Waals surface area contributed by atoms with Crippen molar-refractivity contribution in [2.75, 3.05) is 6.61 Å². The summed E-state index contributed by atoms with van der Waals surface area (Å²) >= 11 is 0. The van der Waals surface area contributed by atoms with Crippen LogP contribution in [-0.2, 0) is 15.7 Å². The summed E-state index contributed by atoms with van der Waals surface area (Å²) in [7, 11) is 0. The van der Waals surface area contributed by atoms with Crippen molar-refractivity contribution in [3.05, 3.63) is 35.4 Å². The number of halogens is 3. The highest BCUT2D eigenvalue weighted by Crippen LogP contribution is 2.30. The molecule has 0 aromatic heterocycles. The van der Waals surface area contributed by atoms with Gasteiger partial charge in [0.15, 0.2) is 0 Å². The standard InChI is InChI=1S/C13H15F3O2/c1-10(3-2-8-18-9-17)11-4-6-12(7-5-11)13(14,15)16/h4-7,9-10H,2-3,8H2,1H3. The fourth-order valence-electron chi connectivity index (χ4n) is 1.69. The molecule has 1 aromatic rings. The zero-order chi connectivity index (χ0) is 13.6. The molecule has 0 amide bonds. The molecular formula is C13H15F3O2. The first-order valence-electron chi connectivity index (χ1n) is 5.67. The van der Waals surface area contributed by atoms with Gasteiger partial charge in [0.05, 0.1) is 12.2 Å². The Hall–Kier alpha value is -1.52. The Morgan fingerprint density at radius 3 is 2.39 bits per heavy atom. The van der Waals surface area contributed by atoms with Gasteiger partial charge in [-0.05, 0) is 36.5 Å². The Kier molecular flexibility index (Phi) is 5.19. The molecule has 0 fully saturated rings. The van der Waals surface area contributed by atoms with Gasteiger partial charge in [0.2, 0.25) is 0 Å². The Balaban J connectivity index is 2.54. The summed E-state index contributed by atoms with van der Waals surface area (Å²) in [6, 6.07) is 5.17. The Bertz CT molecular complexity index is 371. The average molecular weight is 260 g/mol. The third kappa shape index (κ3) is 4.39. The predicted octanol–water partition coefficient (Wildman–Crippen LogP) is 3.76. The van der Waals surface area contributed by atoms with Crippen molar-refractivity contribution in [3.63, 3.8) is 0 Å². The van der Waals surface area contributed by atoms with E-state index in [-0.39, 0.29) is 5.92 Å². The number of hydrogen-bond acceptors (Lipinski definition) is 2. The first-order chi connectivity index (χ1) is 8.45. The van der Waals surface area contributed by atoms with Crippen molar-refractivity contribution < 1.29 is 22.7 Å². The lowest BCUT2D eigenvalue weighted by Crippen LogP contribution is -2.05. The molecule has 5 heteroatoms. The minimum Gasteiger partial charge on any atom is -0.468 e. The maximum Gasteiger partial charge on any atom is 0.416 e. The summed E-state index contributed by atoms with van der Waals surface area (Å²) in [4.78, 5) is 9.92. The van der Waals surface area contributed by atoms with Crippen molar-refractivity contribution >= 4 is 6.47 Å². The van der Waals surface area contributed by atoms with Crippen LogP contribution in [0.5, 0.6) is 0 Å². The molecule has 0 aliphatic heterocycles. The van der Waals surface area contributed by atoms with Crippen molar-refractivity contribution in [3.8, 4) is 0 Å². The van der Waals surface area contributed by atoms with Crippen LogP contribution in [0.1, 0.15) is 36.8 Å². The molecule has 0 saturated heterocycles. The van der Waals surface area contributed by atoms with Crippen molar-refractivity contribution in [2.45, 2.75) is 31.9 Å². The van der Waals surface area contributed by atoms with Crippen LogP contribution in [0.2, 0.25) is 0 Å². The van der Waals surface area contributed by atoms with E-state index in [0.29, 0.717) is 19.5 Å². The maximum atomic E-state index is 12.4. The molecular weight excluding hydrogens is 245 g/mol. The Labute approximate surface area is 104 Å². The lowest BCUT2D eigenvalue weighted by molar-refractivity contribution is -0.137. The largest absolute Gasteiger partial charge is 0.468 e. The van der Waals surface area contributed by atoms with E-state index in [1.54, 1.807) is 0 Å². The normalized spacial score (nSPS) is 13.1. The highest BCUT2D eigenvalue weighted by atomic mass is 19.4. The lowest BCUT2D eigenvalue weighted by atomic mass is 9.95. The molecule has 0 aliphatic rings. The summed E-state index contributed by atoms with van der Waals surface area (Å²) < 4.78 is 41.6. The molecule has 1 unspecified atom stereocenters. The van der Waals surface area contributed by atoms with Gasteiger partial charge >= 0.3 is 6.18 Å². The molecule has 0 bridgehead atoms. The highest BCUT2D eigenvalue weighted by Gasteiger charge is 2.30. The molecule has 1 rings (SSSR count). The quantitative estimate of drug-likeness (QED) is 0.575. The SMILES string of the molecule is CC(CCCOC=O)c1ccc(C(F)(F)F)cc1. The van der Waals surface area contributed by atoms with Gasteiger partial charge in [-0.3, -0.25) is 4.79 Å². The summed E-state index contributed by atoms with van der Waals surface area (Å²) in [5.74, 6) is 0.141. The van der Waals surface area contributed by atoms with Crippen LogP contribution in [0, 0.1) is 0 Å². The first kappa shape index (κ1) is 14.5. The lowest BCUT2D eigenvalue weighted by Gasteiger charge is -2.13. The van der Waals surface area contributed by atoms with Crippen LogP contribution in [0.15, 0.2) is 24.3 Å². The van der Waals surface area contributed by atoms with Gasteiger partial charge in [0, 0.05) is 0 Å². The molecule has 18 heavy (non-hydrogen) atoms. The number of alkyl halides is 3. The van der Waals surface area contributed by atoms with Crippen molar-refractivity contribution in [2.24, 2.45) is 0 Å². The van der Waals surface area contributed by atoms with Crippen LogP contribution in [0.25, 0.3) is 0 Å². The molecule has 0 radical (unpaired) electrons. The second-order valence-corrected chi connectivity index (χ2v) is 4.13. The van der Waals surface area contributed by atoms with E-state index in [4.69, 9.17) is 0 Å². The minimum atomic E-state index is -4.29. The molecule has 0 heterocycles. The second kappa shape index (κ2) is 6.42. The monoisotopic (exact) mass is 260 g/mol. The molecule has 100 valence electrons. The summed E-state index contributed by atoms with van der Waals surface area (Å²) in [5.41, 5.74) is 0.219. The van der Waals surface area contributed by atoms with E-state index < -0.39 is 11.7 Å². The van der Waals surface area contributed by atoms with Crippen molar-refractivity contribution in [1.29, 1.82) is 0 Å². The topological polar surface area (TPSA) is 26.3 Å². The van der Waals surface area contributed by atoms with Gasteiger partial charge in [-0.2, -0.15) is 13.2 Å². The number of carbonyl (C=O) groups excluding carboxylic acids is 1.